The minimum atomic E-state index is -0.173. The van der Waals surface area contributed by atoms with Gasteiger partial charge in [-0.3, -0.25) is 4.79 Å². The van der Waals surface area contributed by atoms with Gasteiger partial charge in [0.2, 0.25) is 0 Å². The Morgan fingerprint density at radius 3 is 2.38 bits per heavy atom. The van der Waals surface area contributed by atoms with Gasteiger partial charge < -0.3 is 0 Å². The molecule has 0 bridgehead atoms. The van der Waals surface area contributed by atoms with Crippen molar-refractivity contribution in [2.24, 2.45) is 0 Å². The molecule has 1 nitrogen and oxygen atoms in total. The zero-order chi connectivity index (χ0) is 6.57. The van der Waals surface area contributed by atoms with E-state index in [0.29, 0.717) is 6.29 Å². The molecular formula is C5H6Cl2O. The number of carbonyl (C=O) groups is 1. The number of carbonyl (C=O) groups excluding carboxylic acids is 1. The average molecular weight is 153 g/mol. The van der Waals surface area contributed by atoms with Gasteiger partial charge in [0, 0.05) is 0 Å². The van der Waals surface area contributed by atoms with Crippen LogP contribution in [0.2, 0.25) is 0 Å². The molecule has 46 valence electrons. The third-order valence-corrected chi connectivity index (χ3v) is 0.843. The number of hydrogen-bond acceptors (Lipinski definition) is 1. The monoisotopic (exact) mass is 152 g/mol. The first-order chi connectivity index (χ1) is 3.66. The first-order valence-electron chi connectivity index (χ1n) is 2.13. The van der Waals surface area contributed by atoms with Crippen LogP contribution in [-0.4, -0.2) is 11.7 Å². The van der Waals surface area contributed by atoms with Gasteiger partial charge in [-0.25, -0.2) is 0 Å². The van der Waals surface area contributed by atoms with Crippen molar-refractivity contribution in [2.75, 3.05) is 0 Å². The fourth-order valence-corrected chi connectivity index (χ4v) is 0.648. The van der Waals surface area contributed by atoms with Gasteiger partial charge in [-0.05, 0) is 13.0 Å². The zero-order valence-corrected chi connectivity index (χ0v) is 5.91. The van der Waals surface area contributed by atoms with E-state index in [9.17, 15) is 4.79 Å². The number of rotatable bonds is 2. The molecule has 0 radical (unpaired) electrons. The van der Waals surface area contributed by atoms with Crippen LogP contribution in [0.3, 0.4) is 0 Å². The molecular weight excluding hydrogens is 147 g/mol. The van der Waals surface area contributed by atoms with E-state index in [4.69, 9.17) is 23.2 Å². The summed E-state index contributed by atoms with van der Waals surface area (Å²) in [6.07, 6.45) is 2.02. The molecule has 0 N–H and O–H groups in total. The van der Waals surface area contributed by atoms with Crippen LogP contribution in [0, 0.1) is 0 Å². The minimum absolute atomic E-state index is 0.160. The van der Waals surface area contributed by atoms with Crippen LogP contribution < -0.4 is 0 Å². The van der Waals surface area contributed by atoms with Crippen LogP contribution in [0.5, 0.6) is 0 Å². The first kappa shape index (κ1) is 7.99. The van der Waals surface area contributed by atoms with Gasteiger partial charge in [-0.2, -0.15) is 0 Å². The average Bonchev–Trinajstić information content (AvgIpc) is 1.65. The summed E-state index contributed by atoms with van der Waals surface area (Å²) in [5.74, 6) is 0. The molecule has 8 heavy (non-hydrogen) atoms. The normalized spacial score (nSPS) is 15.6. The van der Waals surface area contributed by atoms with Crippen LogP contribution in [0.25, 0.3) is 0 Å². The maximum Gasteiger partial charge on any atom is 0.161 e. The molecule has 0 saturated heterocycles. The minimum Gasteiger partial charge on any atom is -0.297 e. The van der Waals surface area contributed by atoms with Gasteiger partial charge in [-0.1, -0.05) is 11.6 Å². The summed E-state index contributed by atoms with van der Waals surface area (Å²) >= 11 is 10.7. The predicted octanol–water partition coefficient (Wildman–Crippen LogP) is 1.94. The highest BCUT2D eigenvalue weighted by Gasteiger charge is 1.91. The standard InChI is InChI=1S/C5H6Cl2O/c1-4(6)2-5(7)3-8/h2-4H,1H3/b5-2-. The van der Waals surface area contributed by atoms with Crippen LogP contribution in [0.4, 0.5) is 0 Å². The van der Waals surface area contributed by atoms with E-state index < -0.39 is 0 Å². The lowest BCUT2D eigenvalue weighted by Gasteiger charge is -1.88. The second-order valence-corrected chi connectivity index (χ2v) is 2.47. The van der Waals surface area contributed by atoms with Crippen molar-refractivity contribution in [2.45, 2.75) is 12.3 Å². The van der Waals surface area contributed by atoms with Crippen molar-refractivity contribution in [1.29, 1.82) is 0 Å². The third kappa shape index (κ3) is 4.16. The zero-order valence-electron chi connectivity index (χ0n) is 4.40. The van der Waals surface area contributed by atoms with Crippen molar-refractivity contribution in [3.8, 4) is 0 Å². The first-order valence-corrected chi connectivity index (χ1v) is 2.95. The summed E-state index contributed by atoms with van der Waals surface area (Å²) in [7, 11) is 0. The molecule has 0 saturated carbocycles. The van der Waals surface area contributed by atoms with E-state index in [1.165, 1.54) is 6.08 Å². The Morgan fingerprint density at radius 1 is 1.75 bits per heavy atom. The van der Waals surface area contributed by atoms with Crippen LogP contribution >= 0.6 is 23.2 Å². The molecule has 1 unspecified atom stereocenters. The summed E-state index contributed by atoms with van der Waals surface area (Å²) in [5.41, 5.74) is 0. The van der Waals surface area contributed by atoms with E-state index in [1.54, 1.807) is 6.92 Å². The molecule has 0 aliphatic heterocycles. The summed E-state index contributed by atoms with van der Waals surface area (Å²) in [6, 6.07) is 0. The summed E-state index contributed by atoms with van der Waals surface area (Å²) in [6.45, 7) is 1.73. The Balaban J connectivity index is 3.74. The number of hydrogen-bond donors (Lipinski definition) is 0. The highest BCUT2D eigenvalue weighted by Crippen LogP contribution is 2.02. The molecule has 0 fully saturated rings. The summed E-state index contributed by atoms with van der Waals surface area (Å²) < 4.78 is 0. The predicted molar refractivity (Wildman–Crippen MR) is 35.3 cm³/mol. The summed E-state index contributed by atoms with van der Waals surface area (Å²) in [4.78, 5) is 9.78. The van der Waals surface area contributed by atoms with E-state index in [-0.39, 0.29) is 10.4 Å². The lowest BCUT2D eigenvalue weighted by atomic mass is 10.4. The molecule has 0 aromatic rings. The Labute approximate surface area is 58.3 Å². The molecule has 0 amide bonds. The number of allylic oxidation sites excluding steroid dienone is 2. The van der Waals surface area contributed by atoms with E-state index in [2.05, 4.69) is 0 Å². The number of halogens is 2. The van der Waals surface area contributed by atoms with Crippen LogP contribution in [-0.2, 0) is 4.79 Å². The lowest BCUT2D eigenvalue weighted by molar-refractivity contribution is -0.104. The number of alkyl halides is 1. The van der Waals surface area contributed by atoms with Gasteiger partial charge in [0.05, 0.1) is 10.4 Å². The van der Waals surface area contributed by atoms with Gasteiger partial charge in [0.25, 0.3) is 0 Å². The van der Waals surface area contributed by atoms with Crippen molar-refractivity contribution >= 4 is 29.5 Å². The third-order valence-electron chi connectivity index (χ3n) is 0.501. The van der Waals surface area contributed by atoms with Gasteiger partial charge in [-0.15, -0.1) is 11.6 Å². The van der Waals surface area contributed by atoms with E-state index >= 15 is 0 Å². The Bertz CT molecular complexity index is 107. The largest absolute Gasteiger partial charge is 0.297 e. The Hall–Kier alpha value is -0.0100. The second kappa shape index (κ2) is 3.93. The SMILES string of the molecule is CC(Cl)/C=C(\Cl)C=O. The summed E-state index contributed by atoms with van der Waals surface area (Å²) in [5, 5.41) is -0.0137. The smallest absolute Gasteiger partial charge is 0.161 e. The second-order valence-electron chi connectivity index (χ2n) is 1.35. The number of aldehydes is 1. The van der Waals surface area contributed by atoms with Crippen molar-refractivity contribution in [3.05, 3.63) is 11.1 Å². The van der Waals surface area contributed by atoms with Crippen LogP contribution in [0.1, 0.15) is 6.92 Å². The van der Waals surface area contributed by atoms with Crippen molar-refractivity contribution < 1.29 is 4.79 Å². The maximum absolute atomic E-state index is 9.78. The quantitative estimate of drug-likeness (QED) is 0.336. The van der Waals surface area contributed by atoms with Crippen molar-refractivity contribution in [1.82, 2.24) is 0 Å². The fourth-order valence-electron chi connectivity index (χ4n) is 0.259. The molecule has 3 heteroatoms. The lowest BCUT2D eigenvalue weighted by Crippen LogP contribution is -1.84. The van der Waals surface area contributed by atoms with Gasteiger partial charge in [0.15, 0.2) is 6.29 Å². The van der Waals surface area contributed by atoms with Crippen LogP contribution in [0.15, 0.2) is 11.1 Å². The molecule has 0 heterocycles. The van der Waals surface area contributed by atoms with E-state index in [0.717, 1.165) is 0 Å². The molecule has 0 rings (SSSR count). The molecule has 0 aromatic heterocycles. The highest BCUT2D eigenvalue weighted by atomic mass is 35.5. The molecule has 1 atom stereocenters. The topological polar surface area (TPSA) is 17.1 Å². The van der Waals surface area contributed by atoms with Gasteiger partial charge >= 0.3 is 0 Å². The maximum atomic E-state index is 9.78. The van der Waals surface area contributed by atoms with E-state index in [1.807, 2.05) is 0 Å². The molecule has 0 spiro atoms. The molecule has 0 aliphatic carbocycles. The molecule has 0 aromatic carbocycles. The Kier molecular flexibility index (Phi) is 3.92. The van der Waals surface area contributed by atoms with Crippen molar-refractivity contribution in [3.63, 3.8) is 0 Å². The Morgan fingerprint density at radius 2 is 2.25 bits per heavy atom. The molecule has 0 aliphatic rings. The van der Waals surface area contributed by atoms with Gasteiger partial charge in [0.1, 0.15) is 0 Å². The highest BCUT2D eigenvalue weighted by molar-refractivity contribution is 6.39. The fraction of sp³-hybridized carbons (Fsp3) is 0.400.